The van der Waals surface area contributed by atoms with Crippen molar-refractivity contribution in [2.45, 2.75) is 45.2 Å². The Labute approximate surface area is 128 Å². The van der Waals surface area contributed by atoms with E-state index in [1.807, 2.05) is 18.4 Å². The van der Waals surface area contributed by atoms with Crippen LogP contribution in [0.1, 0.15) is 34.4 Å². The van der Waals surface area contributed by atoms with Gasteiger partial charge in [-0.3, -0.25) is 0 Å². The maximum absolute atomic E-state index is 12.5. The fourth-order valence-electron chi connectivity index (χ4n) is 2.31. The summed E-state index contributed by atoms with van der Waals surface area (Å²) in [7, 11) is -3.71. The van der Waals surface area contributed by atoms with E-state index in [1.165, 1.54) is 11.3 Å². The van der Waals surface area contributed by atoms with E-state index in [-0.39, 0.29) is 18.0 Å². The third kappa shape index (κ3) is 3.21. The van der Waals surface area contributed by atoms with Crippen LogP contribution in [-0.2, 0) is 29.6 Å². The third-order valence-electron chi connectivity index (χ3n) is 3.39. The lowest BCUT2D eigenvalue weighted by Crippen LogP contribution is -2.24. The van der Waals surface area contributed by atoms with Gasteiger partial charge in [-0.25, -0.2) is 13.1 Å². The lowest BCUT2D eigenvalue weighted by molar-refractivity contribution is 0.276. The lowest BCUT2D eigenvalue weighted by atomic mass is 10.2. The number of rotatable bonds is 6. The first kappa shape index (κ1) is 16.2. The average molecular weight is 329 g/mol. The zero-order chi connectivity index (χ0) is 15.6. The first-order chi connectivity index (χ1) is 9.90. The summed E-state index contributed by atoms with van der Waals surface area (Å²) in [5, 5.41) is 11.3. The Bertz CT molecular complexity index is 728. The lowest BCUT2D eigenvalue weighted by Gasteiger charge is -2.08. The zero-order valence-electron chi connectivity index (χ0n) is 12.3. The van der Waals surface area contributed by atoms with Crippen molar-refractivity contribution in [1.82, 2.24) is 4.72 Å². The van der Waals surface area contributed by atoms with Gasteiger partial charge in [0, 0.05) is 17.0 Å². The van der Waals surface area contributed by atoms with Crippen LogP contribution in [0.5, 0.6) is 0 Å². The molecule has 0 spiro atoms. The van der Waals surface area contributed by atoms with E-state index in [1.54, 1.807) is 13.8 Å². The molecule has 0 fully saturated rings. The van der Waals surface area contributed by atoms with Crippen LogP contribution in [0.2, 0.25) is 0 Å². The molecule has 0 aliphatic heterocycles. The number of furan rings is 1. The normalized spacial score (nSPS) is 12.0. The molecule has 0 aliphatic carbocycles. The number of aryl methyl sites for hydroxylation is 3. The molecule has 7 heteroatoms. The average Bonchev–Trinajstić information content (AvgIpc) is 2.99. The fourth-order valence-corrected chi connectivity index (χ4v) is 4.75. The van der Waals surface area contributed by atoms with E-state index in [0.29, 0.717) is 17.1 Å². The highest BCUT2D eigenvalue weighted by Crippen LogP contribution is 2.27. The van der Waals surface area contributed by atoms with Crippen molar-refractivity contribution < 1.29 is 17.9 Å². The molecule has 2 aromatic rings. The highest BCUT2D eigenvalue weighted by Gasteiger charge is 2.26. The first-order valence-electron chi connectivity index (χ1n) is 6.65. The van der Waals surface area contributed by atoms with Gasteiger partial charge in [-0.1, -0.05) is 6.92 Å². The van der Waals surface area contributed by atoms with Gasteiger partial charge in [0.2, 0.25) is 10.0 Å². The molecule has 0 saturated carbocycles. The minimum atomic E-state index is -3.71. The quantitative estimate of drug-likeness (QED) is 0.853. The number of nitrogens with one attached hydrogen (secondary N) is 1. The molecule has 2 rings (SSSR count). The van der Waals surface area contributed by atoms with Gasteiger partial charge in [0.1, 0.15) is 16.4 Å². The Morgan fingerprint density at radius 3 is 2.67 bits per heavy atom. The van der Waals surface area contributed by atoms with Gasteiger partial charge in [0.05, 0.1) is 6.61 Å². The maximum atomic E-state index is 12.5. The summed E-state index contributed by atoms with van der Waals surface area (Å²) in [5.41, 5.74) is 1.46. The van der Waals surface area contributed by atoms with Crippen LogP contribution >= 0.6 is 11.3 Å². The van der Waals surface area contributed by atoms with Crippen molar-refractivity contribution >= 4 is 21.4 Å². The highest BCUT2D eigenvalue weighted by molar-refractivity contribution is 7.89. The summed E-state index contributed by atoms with van der Waals surface area (Å²) in [6.45, 7) is 5.15. The van der Waals surface area contributed by atoms with Crippen LogP contribution in [0.25, 0.3) is 0 Å². The largest absolute Gasteiger partial charge is 0.465 e. The molecule has 21 heavy (non-hydrogen) atoms. The molecular weight excluding hydrogens is 310 g/mol. The Balaban J connectivity index is 2.27. The van der Waals surface area contributed by atoms with Crippen molar-refractivity contribution in [3.8, 4) is 0 Å². The van der Waals surface area contributed by atoms with Gasteiger partial charge in [0.25, 0.3) is 0 Å². The zero-order valence-corrected chi connectivity index (χ0v) is 13.9. The van der Waals surface area contributed by atoms with Crippen LogP contribution < -0.4 is 4.72 Å². The van der Waals surface area contributed by atoms with Gasteiger partial charge in [0.15, 0.2) is 0 Å². The molecule has 0 saturated heterocycles. The summed E-state index contributed by atoms with van der Waals surface area (Å²) in [6.07, 6.45) is 0.867. The molecular formula is C14H19NO4S2. The van der Waals surface area contributed by atoms with E-state index < -0.39 is 10.0 Å². The summed E-state index contributed by atoms with van der Waals surface area (Å²) < 4.78 is 32.8. The Hall–Kier alpha value is -1.15. The summed E-state index contributed by atoms with van der Waals surface area (Å²) in [6, 6.07) is 2.00. The SMILES string of the molecule is CCc1ccsc1CNS(=O)(=O)c1c(C)oc(C)c1CO. The van der Waals surface area contributed by atoms with Crippen LogP contribution in [0.3, 0.4) is 0 Å². The van der Waals surface area contributed by atoms with E-state index in [4.69, 9.17) is 4.42 Å². The molecule has 2 heterocycles. The number of hydrogen-bond donors (Lipinski definition) is 2. The van der Waals surface area contributed by atoms with Gasteiger partial charge in [-0.15, -0.1) is 11.3 Å². The van der Waals surface area contributed by atoms with E-state index in [9.17, 15) is 13.5 Å². The second-order valence-electron chi connectivity index (χ2n) is 4.73. The molecule has 2 aromatic heterocycles. The highest BCUT2D eigenvalue weighted by atomic mass is 32.2. The van der Waals surface area contributed by atoms with E-state index in [2.05, 4.69) is 4.72 Å². The first-order valence-corrected chi connectivity index (χ1v) is 9.01. The maximum Gasteiger partial charge on any atom is 0.244 e. The molecule has 0 radical (unpaired) electrons. The van der Waals surface area contributed by atoms with Crippen LogP contribution in [0, 0.1) is 13.8 Å². The standard InChI is InChI=1S/C14H19NO4S2/c1-4-11-5-6-20-13(11)7-15-21(17,18)14-10(3)19-9(2)12(14)8-16/h5-6,15-16H,4,7-8H2,1-3H3. The molecule has 0 atom stereocenters. The Kier molecular flexibility index (Phi) is 4.88. The number of thiophene rings is 1. The van der Waals surface area contributed by atoms with Crippen molar-refractivity contribution in [3.63, 3.8) is 0 Å². The predicted octanol–water partition coefficient (Wildman–Crippen LogP) is 2.49. The summed E-state index contributed by atoms with van der Waals surface area (Å²) in [5.74, 6) is 0.728. The van der Waals surface area contributed by atoms with E-state index >= 15 is 0 Å². The molecule has 0 aliphatic rings. The molecule has 0 unspecified atom stereocenters. The Morgan fingerprint density at radius 2 is 2.05 bits per heavy atom. The van der Waals surface area contributed by atoms with Crippen molar-refractivity contribution in [2.24, 2.45) is 0 Å². The number of sulfonamides is 1. The topological polar surface area (TPSA) is 79.5 Å². The second-order valence-corrected chi connectivity index (χ2v) is 7.43. The molecule has 0 amide bonds. The smallest absolute Gasteiger partial charge is 0.244 e. The molecule has 2 N–H and O–H groups in total. The third-order valence-corrected chi connectivity index (χ3v) is 5.95. The van der Waals surface area contributed by atoms with Crippen molar-refractivity contribution in [2.75, 3.05) is 0 Å². The predicted molar refractivity (Wildman–Crippen MR) is 81.8 cm³/mol. The second kappa shape index (κ2) is 6.31. The van der Waals surface area contributed by atoms with Crippen LogP contribution in [0.4, 0.5) is 0 Å². The van der Waals surface area contributed by atoms with Crippen LogP contribution in [0.15, 0.2) is 20.8 Å². The van der Waals surface area contributed by atoms with E-state index in [0.717, 1.165) is 16.9 Å². The molecule has 5 nitrogen and oxygen atoms in total. The monoisotopic (exact) mass is 329 g/mol. The molecule has 0 bridgehead atoms. The van der Waals surface area contributed by atoms with Crippen molar-refractivity contribution in [1.29, 1.82) is 0 Å². The van der Waals surface area contributed by atoms with Crippen LogP contribution in [-0.4, -0.2) is 13.5 Å². The van der Waals surface area contributed by atoms with Gasteiger partial charge < -0.3 is 9.52 Å². The minimum absolute atomic E-state index is 0.0529. The number of hydrogen-bond acceptors (Lipinski definition) is 5. The Morgan fingerprint density at radius 1 is 1.33 bits per heavy atom. The van der Waals surface area contributed by atoms with Crippen molar-refractivity contribution in [3.05, 3.63) is 39.0 Å². The minimum Gasteiger partial charge on any atom is -0.465 e. The number of aliphatic hydroxyl groups is 1. The van der Waals surface area contributed by atoms with Gasteiger partial charge >= 0.3 is 0 Å². The van der Waals surface area contributed by atoms with Gasteiger partial charge in [-0.2, -0.15) is 0 Å². The fraction of sp³-hybridized carbons (Fsp3) is 0.429. The number of aliphatic hydroxyl groups excluding tert-OH is 1. The summed E-state index contributed by atoms with van der Waals surface area (Å²) >= 11 is 1.53. The molecule has 116 valence electrons. The van der Waals surface area contributed by atoms with Gasteiger partial charge in [-0.05, 0) is 37.3 Å². The molecule has 0 aromatic carbocycles. The summed E-state index contributed by atoms with van der Waals surface area (Å²) in [4.78, 5) is 1.06.